The normalized spacial score (nSPS) is 12.9. The van der Waals surface area contributed by atoms with Crippen molar-refractivity contribution in [2.24, 2.45) is 18.1 Å². The Balaban J connectivity index is 3.00. The number of nitrogens with two attached hydrogens (primary N) is 1. The van der Waals surface area contributed by atoms with Gasteiger partial charge in [0, 0.05) is 13.2 Å². The Morgan fingerprint density at radius 3 is 2.42 bits per heavy atom. The molecular weight excluding hydrogens is 292 g/mol. The second kappa shape index (κ2) is 5.47. The molecule has 1 aromatic heterocycles. The topological polar surface area (TPSA) is 124 Å². The van der Waals surface area contributed by atoms with Crippen molar-refractivity contribution in [3.63, 3.8) is 0 Å². The minimum Gasteiger partial charge on any atom is -0.272 e. The molecule has 8 nitrogen and oxygen atoms in total. The molecule has 1 rings (SSSR count). The molecule has 0 radical (unpaired) electrons. The fraction of sp³-hybridized carbons (Fsp3) is 0.667. The SMILES string of the molecule is CC(C)CCS(=O)(=O)Nc1nn(C)cc1S(N)(=O)=O. The molecule has 0 amide bonds. The first-order valence-electron chi connectivity index (χ1n) is 5.58. The van der Waals surface area contributed by atoms with E-state index < -0.39 is 20.0 Å². The summed E-state index contributed by atoms with van der Waals surface area (Å²) in [6.45, 7) is 3.79. The van der Waals surface area contributed by atoms with Crippen molar-refractivity contribution >= 4 is 25.9 Å². The molecule has 0 unspecified atom stereocenters. The summed E-state index contributed by atoms with van der Waals surface area (Å²) in [7, 11) is -6.20. The van der Waals surface area contributed by atoms with Crippen molar-refractivity contribution in [2.75, 3.05) is 10.5 Å². The second-order valence-electron chi connectivity index (χ2n) is 4.66. The summed E-state index contributed by atoms with van der Waals surface area (Å²) in [5.41, 5.74) is 0. The average Bonchev–Trinajstić information content (AvgIpc) is 2.55. The third-order valence-corrected chi connectivity index (χ3v) is 4.51. The van der Waals surface area contributed by atoms with Crippen molar-refractivity contribution in [1.82, 2.24) is 9.78 Å². The molecule has 0 atom stereocenters. The van der Waals surface area contributed by atoms with Crippen LogP contribution >= 0.6 is 0 Å². The number of aromatic nitrogens is 2. The van der Waals surface area contributed by atoms with Crippen molar-refractivity contribution in [2.45, 2.75) is 25.2 Å². The van der Waals surface area contributed by atoms with Gasteiger partial charge in [0.05, 0.1) is 5.75 Å². The maximum atomic E-state index is 11.8. The van der Waals surface area contributed by atoms with Crippen LogP contribution in [0.1, 0.15) is 20.3 Å². The molecule has 0 aromatic carbocycles. The number of hydrogen-bond acceptors (Lipinski definition) is 5. The summed E-state index contributed by atoms with van der Waals surface area (Å²) in [5, 5.41) is 8.75. The average molecular weight is 310 g/mol. The van der Waals surface area contributed by atoms with Crippen LogP contribution < -0.4 is 9.86 Å². The molecule has 0 fully saturated rings. The largest absolute Gasteiger partial charge is 0.272 e. The number of sulfonamides is 2. The van der Waals surface area contributed by atoms with Gasteiger partial charge in [-0.3, -0.25) is 9.40 Å². The zero-order chi connectivity index (χ0) is 14.8. The van der Waals surface area contributed by atoms with Crippen LogP contribution in [0.5, 0.6) is 0 Å². The minimum atomic E-state index is -4.03. The van der Waals surface area contributed by atoms with Gasteiger partial charge in [-0.05, 0) is 12.3 Å². The summed E-state index contributed by atoms with van der Waals surface area (Å²) in [6, 6.07) is 0. The first kappa shape index (κ1) is 15.9. The lowest BCUT2D eigenvalue weighted by Crippen LogP contribution is -2.21. The predicted octanol–water partition coefficient (Wildman–Crippen LogP) is -0.145. The Hall–Kier alpha value is -1.13. The summed E-state index contributed by atoms with van der Waals surface area (Å²) < 4.78 is 49.5. The van der Waals surface area contributed by atoms with E-state index in [0.717, 1.165) is 6.20 Å². The van der Waals surface area contributed by atoms with E-state index in [0.29, 0.717) is 6.42 Å². The van der Waals surface area contributed by atoms with Crippen LogP contribution in [0.25, 0.3) is 0 Å². The highest BCUT2D eigenvalue weighted by atomic mass is 32.2. The number of hydrogen-bond donors (Lipinski definition) is 2. The Labute approximate surface area is 113 Å². The quantitative estimate of drug-likeness (QED) is 0.756. The van der Waals surface area contributed by atoms with Crippen LogP contribution in [0.15, 0.2) is 11.1 Å². The number of nitrogens with one attached hydrogen (secondary N) is 1. The van der Waals surface area contributed by atoms with Crippen molar-refractivity contribution < 1.29 is 16.8 Å². The van der Waals surface area contributed by atoms with Gasteiger partial charge >= 0.3 is 0 Å². The molecule has 3 N–H and O–H groups in total. The van der Waals surface area contributed by atoms with Crippen LogP contribution in [-0.2, 0) is 27.1 Å². The lowest BCUT2D eigenvalue weighted by Gasteiger charge is -2.08. The lowest BCUT2D eigenvalue weighted by molar-refractivity contribution is 0.577. The minimum absolute atomic E-state index is 0.106. The van der Waals surface area contributed by atoms with Gasteiger partial charge in [0.15, 0.2) is 5.82 Å². The van der Waals surface area contributed by atoms with Gasteiger partial charge in [0.25, 0.3) is 0 Å². The maximum absolute atomic E-state index is 11.8. The fourth-order valence-electron chi connectivity index (χ4n) is 1.33. The number of anilines is 1. The van der Waals surface area contributed by atoms with Gasteiger partial charge in [-0.2, -0.15) is 5.10 Å². The molecule has 0 aliphatic heterocycles. The molecule has 1 aromatic rings. The zero-order valence-corrected chi connectivity index (χ0v) is 12.6. The van der Waals surface area contributed by atoms with E-state index in [1.54, 1.807) is 0 Å². The maximum Gasteiger partial charge on any atom is 0.243 e. The van der Waals surface area contributed by atoms with Gasteiger partial charge in [0.1, 0.15) is 4.90 Å². The Morgan fingerprint density at radius 1 is 1.37 bits per heavy atom. The van der Waals surface area contributed by atoms with Crippen molar-refractivity contribution in [1.29, 1.82) is 0 Å². The summed E-state index contributed by atoms with van der Waals surface area (Å²) in [5.74, 6) is -0.155. The van der Waals surface area contributed by atoms with Crippen LogP contribution in [0, 0.1) is 5.92 Å². The predicted molar refractivity (Wildman–Crippen MR) is 71.4 cm³/mol. The molecule has 0 saturated heterocycles. The Morgan fingerprint density at radius 2 is 1.95 bits per heavy atom. The van der Waals surface area contributed by atoms with E-state index in [4.69, 9.17) is 5.14 Å². The van der Waals surface area contributed by atoms with Crippen molar-refractivity contribution in [3.8, 4) is 0 Å². The monoisotopic (exact) mass is 310 g/mol. The Kier molecular flexibility index (Phi) is 4.59. The van der Waals surface area contributed by atoms with E-state index in [1.165, 1.54) is 11.7 Å². The summed E-state index contributed by atoms with van der Waals surface area (Å²) in [4.78, 5) is -0.344. The molecular formula is C9H18N4O4S2. The van der Waals surface area contributed by atoms with Crippen molar-refractivity contribution in [3.05, 3.63) is 6.20 Å². The zero-order valence-electron chi connectivity index (χ0n) is 11.0. The van der Waals surface area contributed by atoms with E-state index in [1.807, 2.05) is 13.8 Å². The molecule has 0 saturated carbocycles. The first-order chi connectivity index (χ1) is 8.51. The number of rotatable bonds is 6. The summed E-state index contributed by atoms with van der Waals surface area (Å²) >= 11 is 0. The van der Waals surface area contributed by atoms with Gasteiger partial charge in [0.2, 0.25) is 20.0 Å². The third kappa shape index (κ3) is 4.80. The number of aryl methyl sites for hydroxylation is 1. The Bertz CT molecular complexity index is 646. The van der Waals surface area contributed by atoms with Crippen LogP contribution in [0.2, 0.25) is 0 Å². The molecule has 1 heterocycles. The molecule has 0 bridgehead atoms. The van der Waals surface area contributed by atoms with E-state index >= 15 is 0 Å². The lowest BCUT2D eigenvalue weighted by atomic mass is 10.2. The van der Waals surface area contributed by atoms with E-state index in [-0.39, 0.29) is 22.4 Å². The fourth-order valence-corrected chi connectivity index (χ4v) is 3.39. The molecule has 0 spiro atoms. The van der Waals surface area contributed by atoms with Crippen LogP contribution in [-0.4, -0.2) is 32.4 Å². The first-order valence-corrected chi connectivity index (χ1v) is 8.78. The van der Waals surface area contributed by atoms with Gasteiger partial charge in [-0.1, -0.05) is 13.8 Å². The molecule has 19 heavy (non-hydrogen) atoms. The van der Waals surface area contributed by atoms with Crippen LogP contribution in [0.4, 0.5) is 5.82 Å². The third-order valence-electron chi connectivity index (χ3n) is 2.32. The highest BCUT2D eigenvalue weighted by Gasteiger charge is 2.22. The number of nitrogens with zero attached hydrogens (tertiary/aromatic N) is 2. The van der Waals surface area contributed by atoms with E-state index in [9.17, 15) is 16.8 Å². The number of primary sulfonamides is 1. The van der Waals surface area contributed by atoms with Gasteiger partial charge in [-0.15, -0.1) is 0 Å². The molecule has 110 valence electrons. The highest BCUT2D eigenvalue weighted by Crippen LogP contribution is 2.19. The van der Waals surface area contributed by atoms with Crippen LogP contribution in [0.3, 0.4) is 0 Å². The smallest absolute Gasteiger partial charge is 0.243 e. The molecule has 10 heteroatoms. The second-order valence-corrected chi connectivity index (χ2v) is 8.04. The van der Waals surface area contributed by atoms with Gasteiger partial charge in [-0.25, -0.2) is 22.0 Å². The standard InChI is InChI=1S/C9H18N4O4S2/c1-7(2)4-5-18(14,15)12-9-8(19(10,16)17)6-13(3)11-9/h6-7H,4-5H2,1-3H3,(H,11,12)(H2,10,16,17). The summed E-state index contributed by atoms with van der Waals surface area (Å²) in [6.07, 6.45) is 1.61. The highest BCUT2D eigenvalue weighted by molar-refractivity contribution is 7.93. The molecule has 0 aliphatic carbocycles. The molecule has 0 aliphatic rings. The van der Waals surface area contributed by atoms with Gasteiger partial charge < -0.3 is 0 Å². The van der Waals surface area contributed by atoms with E-state index in [2.05, 4.69) is 9.82 Å².